The Hall–Kier alpha value is -1.91. The number of nitrogens with zero attached hydrogens (tertiary/aromatic N) is 1. The number of carbonyl (C=O) groups excluding carboxylic acids is 1. The van der Waals surface area contributed by atoms with E-state index in [0.717, 1.165) is 17.5 Å². The lowest BCUT2D eigenvalue weighted by Gasteiger charge is -2.18. The van der Waals surface area contributed by atoms with Crippen molar-refractivity contribution in [3.8, 4) is 11.5 Å². The maximum absolute atomic E-state index is 12.3. The highest BCUT2D eigenvalue weighted by molar-refractivity contribution is 6.42. The van der Waals surface area contributed by atoms with E-state index in [1.54, 1.807) is 31.3 Å². The van der Waals surface area contributed by atoms with Crippen molar-refractivity contribution >= 4 is 29.1 Å². The van der Waals surface area contributed by atoms with Gasteiger partial charge in [0.2, 0.25) is 5.91 Å². The minimum Gasteiger partial charge on any atom is -0.493 e. The van der Waals surface area contributed by atoms with Crippen LogP contribution in [0.15, 0.2) is 36.4 Å². The average Bonchev–Trinajstić information content (AvgIpc) is 2.66. The number of halogens is 2. The summed E-state index contributed by atoms with van der Waals surface area (Å²) in [5, 5.41) is 1.03. The molecule has 4 nitrogen and oxygen atoms in total. The van der Waals surface area contributed by atoms with Crippen LogP contribution < -0.4 is 9.47 Å². The van der Waals surface area contributed by atoms with Crippen LogP contribution in [0.5, 0.6) is 11.5 Å². The third-order valence-electron chi connectivity index (χ3n) is 4.22. The lowest BCUT2D eigenvalue weighted by molar-refractivity contribution is -0.129. The van der Waals surface area contributed by atoms with E-state index in [-0.39, 0.29) is 5.91 Å². The molecule has 0 aliphatic heterocycles. The molecule has 2 aromatic rings. The number of likely N-dealkylation sites (N-methyl/N-ethyl adjacent to an activating group) is 1. The normalized spacial score (nSPS) is 10.5. The summed E-state index contributed by atoms with van der Waals surface area (Å²) in [6.07, 6.45) is 1.81. The Kier molecular flexibility index (Phi) is 7.61. The van der Waals surface area contributed by atoms with Crippen LogP contribution in [-0.2, 0) is 17.6 Å². The Morgan fingerprint density at radius 1 is 0.923 bits per heavy atom. The predicted octanol–water partition coefficient (Wildman–Crippen LogP) is 4.64. The van der Waals surface area contributed by atoms with E-state index in [1.807, 2.05) is 31.3 Å². The van der Waals surface area contributed by atoms with Crippen molar-refractivity contribution in [3.63, 3.8) is 0 Å². The molecule has 0 N–H and O–H groups in total. The molecule has 0 heterocycles. The molecule has 26 heavy (non-hydrogen) atoms. The first-order valence-electron chi connectivity index (χ1n) is 8.33. The topological polar surface area (TPSA) is 38.8 Å². The van der Waals surface area contributed by atoms with Crippen molar-refractivity contribution in [2.45, 2.75) is 19.3 Å². The summed E-state index contributed by atoms with van der Waals surface area (Å²) in [5.74, 6) is 1.48. The number of rotatable bonds is 8. The molecule has 140 valence electrons. The van der Waals surface area contributed by atoms with Crippen LogP contribution in [-0.4, -0.2) is 38.6 Å². The summed E-state index contributed by atoms with van der Waals surface area (Å²) in [7, 11) is 5.04. The number of hydrogen-bond donors (Lipinski definition) is 0. The number of ether oxygens (including phenoxy) is 2. The largest absolute Gasteiger partial charge is 0.493 e. The summed E-state index contributed by atoms with van der Waals surface area (Å²) in [5.41, 5.74) is 2.09. The molecule has 2 aromatic carbocycles. The Bertz CT molecular complexity index is 765. The van der Waals surface area contributed by atoms with Crippen molar-refractivity contribution in [1.82, 2.24) is 4.90 Å². The first-order valence-corrected chi connectivity index (χ1v) is 9.09. The number of amides is 1. The predicted molar refractivity (Wildman–Crippen MR) is 106 cm³/mol. The van der Waals surface area contributed by atoms with Gasteiger partial charge < -0.3 is 14.4 Å². The third kappa shape index (κ3) is 5.55. The highest BCUT2D eigenvalue weighted by Crippen LogP contribution is 2.27. The Morgan fingerprint density at radius 2 is 1.58 bits per heavy atom. The van der Waals surface area contributed by atoms with Gasteiger partial charge in [-0.2, -0.15) is 0 Å². The van der Waals surface area contributed by atoms with Gasteiger partial charge in [0, 0.05) is 20.0 Å². The minimum atomic E-state index is 0.0940. The molecule has 0 saturated heterocycles. The van der Waals surface area contributed by atoms with E-state index in [1.165, 1.54) is 0 Å². The molecule has 0 fully saturated rings. The van der Waals surface area contributed by atoms with Gasteiger partial charge in [-0.3, -0.25) is 4.79 Å². The Labute approximate surface area is 164 Å². The maximum Gasteiger partial charge on any atom is 0.222 e. The molecule has 1 amide bonds. The van der Waals surface area contributed by atoms with Crippen molar-refractivity contribution in [2.24, 2.45) is 0 Å². The molecule has 2 rings (SSSR count). The van der Waals surface area contributed by atoms with E-state index < -0.39 is 0 Å². The monoisotopic (exact) mass is 395 g/mol. The van der Waals surface area contributed by atoms with Gasteiger partial charge >= 0.3 is 0 Å². The van der Waals surface area contributed by atoms with Gasteiger partial charge in [0.15, 0.2) is 11.5 Å². The Balaban J connectivity index is 1.86. The molecule has 0 aliphatic carbocycles. The zero-order chi connectivity index (χ0) is 19.1. The van der Waals surface area contributed by atoms with Gasteiger partial charge in [0.1, 0.15) is 0 Å². The van der Waals surface area contributed by atoms with E-state index in [2.05, 4.69) is 0 Å². The molecule has 0 aromatic heterocycles. The van der Waals surface area contributed by atoms with Gasteiger partial charge in [-0.1, -0.05) is 35.3 Å². The summed E-state index contributed by atoms with van der Waals surface area (Å²) in [6, 6.07) is 11.2. The second-order valence-electron chi connectivity index (χ2n) is 6.00. The second-order valence-corrected chi connectivity index (χ2v) is 6.82. The maximum atomic E-state index is 12.3. The molecular formula is C20H23Cl2NO3. The number of carbonyl (C=O) groups is 1. The van der Waals surface area contributed by atoms with Crippen LogP contribution in [0.25, 0.3) is 0 Å². The standard InChI is InChI=1S/C20H23Cl2NO3/c1-23(11-10-15-5-8-18(25-2)19(13-15)26-3)20(24)9-6-14-4-7-16(21)17(22)12-14/h4-5,7-8,12-13H,6,9-11H2,1-3H3. The van der Waals surface area contributed by atoms with Crippen molar-refractivity contribution in [2.75, 3.05) is 27.8 Å². The molecule has 0 aliphatic rings. The number of aryl methyl sites for hydroxylation is 1. The van der Waals surface area contributed by atoms with Gasteiger partial charge in [-0.15, -0.1) is 0 Å². The van der Waals surface area contributed by atoms with E-state index in [9.17, 15) is 4.79 Å². The highest BCUT2D eigenvalue weighted by atomic mass is 35.5. The lowest BCUT2D eigenvalue weighted by atomic mass is 10.1. The summed E-state index contributed by atoms with van der Waals surface area (Å²) >= 11 is 11.9. The van der Waals surface area contributed by atoms with Gasteiger partial charge in [0.25, 0.3) is 0 Å². The summed E-state index contributed by atoms with van der Waals surface area (Å²) < 4.78 is 10.5. The number of hydrogen-bond acceptors (Lipinski definition) is 3. The molecule has 0 radical (unpaired) electrons. The van der Waals surface area contributed by atoms with Gasteiger partial charge in [-0.05, 0) is 48.2 Å². The van der Waals surface area contributed by atoms with E-state index in [0.29, 0.717) is 40.9 Å². The lowest BCUT2D eigenvalue weighted by Crippen LogP contribution is -2.29. The molecule has 0 atom stereocenters. The van der Waals surface area contributed by atoms with Crippen LogP contribution in [0.2, 0.25) is 10.0 Å². The highest BCUT2D eigenvalue weighted by Gasteiger charge is 2.11. The summed E-state index contributed by atoms with van der Waals surface area (Å²) in [6.45, 7) is 0.635. The van der Waals surface area contributed by atoms with Gasteiger partial charge in [0.05, 0.1) is 24.3 Å². The van der Waals surface area contributed by atoms with E-state index in [4.69, 9.17) is 32.7 Å². The SMILES string of the molecule is COc1ccc(CCN(C)C(=O)CCc2ccc(Cl)c(Cl)c2)cc1OC. The molecule has 0 bridgehead atoms. The Morgan fingerprint density at radius 3 is 2.23 bits per heavy atom. The van der Waals surface area contributed by atoms with Crippen molar-refractivity contribution in [1.29, 1.82) is 0 Å². The molecular weight excluding hydrogens is 373 g/mol. The molecule has 0 unspecified atom stereocenters. The zero-order valence-electron chi connectivity index (χ0n) is 15.2. The molecule has 6 heteroatoms. The fourth-order valence-corrected chi connectivity index (χ4v) is 2.92. The smallest absolute Gasteiger partial charge is 0.222 e. The van der Waals surface area contributed by atoms with Crippen LogP contribution >= 0.6 is 23.2 Å². The third-order valence-corrected chi connectivity index (χ3v) is 4.96. The second kappa shape index (κ2) is 9.70. The minimum absolute atomic E-state index is 0.0940. The van der Waals surface area contributed by atoms with Crippen LogP contribution in [0.1, 0.15) is 17.5 Å². The van der Waals surface area contributed by atoms with Crippen LogP contribution in [0.3, 0.4) is 0 Å². The van der Waals surface area contributed by atoms with Crippen LogP contribution in [0, 0.1) is 0 Å². The first-order chi connectivity index (χ1) is 12.4. The average molecular weight is 396 g/mol. The number of benzene rings is 2. The summed E-state index contributed by atoms with van der Waals surface area (Å²) in [4.78, 5) is 14.1. The van der Waals surface area contributed by atoms with Crippen LogP contribution in [0.4, 0.5) is 0 Å². The molecule has 0 saturated carbocycles. The number of methoxy groups -OCH3 is 2. The van der Waals surface area contributed by atoms with Crippen molar-refractivity contribution < 1.29 is 14.3 Å². The fraction of sp³-hybridized carbons (Fsp3) is 0.350. The van der Waals surface area contributed by atoms with E-state index >= 15 is 0 Å². The molecule has 0 spiro atoms. The first kappa shape index (κ1) is 20.4. The van der Waals surface area contributed by atoms with Crippen molar-refractivity contribution in [3.05, 3.63) is 57.6 Å². The fourth-order valence-electron chi connectivity index (χ4n) is 2.59. The zero-order valence-corrected chi connectivity index (χ0v) is 16.7. The van der Waals surface area contributed by atoms with Gasteiger partial charge in [-0.25, -0.2) is 0 Å². The quantitative estimate of drug-likeness (QED) is 0.652.